The summed E-state index contributed by atoms with van der Waals surface area (Å²) in [6.45, 7) is 10.7. The first-order valence-corrected chi connectivity index (χ1v) is 12.7. The molecule has 2 nitrogen and oxygen atoms in total. The fraction of sp³-hybridized carbons (Fsp3) is 1.00. The third-order valence-corrected chi connectivity index (χ3v) is 8.68. The van der Waals surface area contributed by atoms with Gasteiger partial charge >= 0.3 is 0 Å². The Labute approximate surface area is 80.5 Å². The van der Waals surface area contributed by atoms with Crippen LogP contribution in [0, 0.1) is 0 Å². The summed E-state index contributed by atoms with van der Waals surface area (Å²) in [5.41, 5.74) is 0. The monoisotopic (exact) mass is 222 g/mol. The summed E-state index contributed by atoms with van der Waals surface area (Å²) in [6.07, 6.45) is 0. The van der Waals surface area contributed by atoms with E-state index in [1.54, 1.807) is 0 Å². The molecule has 0 heterocycles. The predicted octanol–water partition coefficient (Wildman–Crippen LogP) is 1.54. The first-order chi connectivity index (χ1) is 5.21. The minimum atomic E-state index is -1.78. The molecule has 0 atom stereocenters. The van der Waals surface area contributed by atoms with Crippen LogP contribution in [0.25, 0.3) is 0 Å². The molecule has 0 fully saturated rings. The van der Waals surface area contributed by atoms with E-state index in [0.29, 0.717) is 0 Å². The molecule has 0 saturated carbocycles. The fourth-order valence-electron chi connectivity index (χ4n) is 0.883. The molecule has 0 amide bonds. The van der Waals surface area contributed by atoms with Crippen molar-refractivity contribution >= 4 is 26.4 Å². The lowest BCUT2D eigenvalue weighted by Crippen LogP contribution is -2.29. The van der Waals surface area contributed by atoms with Gasteiger partial charge < -0.3 is 8.91 Å². The largest absolute Gasteiger partial charge is 0.461 e. The highest BCUT2D eigenvalue weighted by Gasteiger charge is 2.18. The number of hydrogen-bond donors (Lipinski definition) is 1. The molecular weight excluding hydrogens is 200 g/mol. The first-order valence-electron chi connectivity index (χ1n) is 4.57. The van der Waals surface area contributed by atoms with E-state index in [2.05, 4.69) is 19.6 Å². The average molecular weight is 223 g/mol. The maximum atomic E-state index is 9.56. The Morgan fingerprint density at radius 1 is 1.17 bits per heavy atom. The molecule has 12 heavy (non-hydrogen) atoms. The predicted molar refractivity (Wildman–Crippen MR) is 62.3 cm³/mol. The van der Waals surface area contributed by atoms with Gasteiger partial charge in [-0.3, -0.25) is 0 Å². The van der Waals surface area contributed by atoms with E-state index in [-0.39, 0.29) is 9.76 Å². The van der Waals surface area contributed by atoms with Gasteiger partial charge in [0, 0.05) is 0 Å². The number of hydrogen-bond acceptors (Lipinski definition) is 2. The van der Waals surface area contributed by atoms with Crippen molar-refractivity contribution in [2.24, 2.45) is 0 Å². The van der Waals surface area contributed by atoms with Gasteiger partial charge in [0.05, 0.1) is 0 Å². The van der Waals surface area contributed by atoms with Crippen LogP contribution in [0.1, 0.15) is 0 Å². The molecule has 0 saturated heterocycles. The van der Waals surface area contributed by atoms with E-state index in [1.807, 2.05) is 13.1 Å². The van der Waals surface area contributed by atoms with E-state index in [0.717, 1.165) is 12.1 Å². The lowest BCUT2D eigenvalue weighted by molar-refractivity contribution is 0.547. The van der Waals surface area contributed by atoms with Crippen molar-refractivity contribution in [2.45, 2.75) is 44.8 Å². The topological polar surface area (TPSA) is 29.5 Å². The second kappa shape index (κ2) is 4.71. The van der Waals surface area contributed by atoms with Gasteiger partial charge in [0.25, 0.3) is 0 Å². The molecule has 0 aliphatic carbocycles. The lowest BCUT2D eigenvalue weighted by Gasteiger charge is -2.19. The highest BCUT2D eigenvalue weighted by atomic mass is 28.4. The Bertz CT molecular complexity index is 110. The zero-order valence-corrected chi connectivity index (χ0v) is 12.4. The van der Waals surface area contributed by atoms with Gasteiger partial charge in [-0.25, -0.2) is 0 Å². The fourth-order valence-corrected chi connectivity index (χ4v) is 7.95. The SMILES string of the molecule is C[Si](C)(O)CC[SiH2]O[Si](C)(C)C. The Morgan fingerprint density at radius 3 is 2.00 bits per heavy atom. The summed E-state index contributed by atoms with van der Waals surface area (Å²) >= 11 is 0. The molecule has 0 radical (unpaired) electrons. The molecular formula is C7H22O2Si3. The Balaban J connectivity index is 3.35. The van der Waals surface area contributed by atoms with Crippen LogP contribution < -0.4 is 0 Å². The Kier molecular flexibility index (Phi) is 4.93. The summed E-state index contributed by atoms with van der Waals surface area (Å²) in [5.74, 6) is 0. The van der Waals surface area contributed by atoms with Gasteiger partial charge in [0.2, 0.25) is 0 Å². The number of rotatable bonds is 5. The van der Waals surface area contributed by atoms with Crippen LogP contribution in [0.5, 0.6) is 0 Å². The van der Waals surface area contributed by atoms with Gasteiger partial charge in [-0.15, -0.1) is 0 Å². The van der Waals surface area contributed by atoms with E-state index < -0.39 is 16.6 Å². The van der Waals surface area contributed by atoms with Gasteiger partial charge in [0.15, 0.2) is 16.6 Å². The lowest BCUT2D eigenvalue weighted by atomic mass is 10.9. The van der Waals surface area contributed by atoms with Crippen molar-refractivity contribution < 1.29 is 8.91 Å². The molecule has 0 aliphatic heterocycles. The molecule has 0 aromatic carbocycles. The van der Waals surface area contributed by atoms with E-state index in [4.69, 9.17) is 4.12 Å². The Morgan fingerprint density at radius 2 is 1.67 bits per heavy atom. The Hall–Kier alpha value is 0.571. The van der Waals surface area contributed by atoms with Gasteiger partial charge in [-0.1, -0.05) is 0 Å². The minimum absolute atomic E-state index is 0.336. The smallest absolute Gasteiger partial charge is 0.182 e. The van der Waals surface area contributed by atoms with Crippen molar-refractivity contribution in [3.8, 4) is 0 Å². The molecule has 1 N–H and O–H groups in total. The summed E-state index contributed by atoms with van der Waals surface area (Å²) in [4.78, 5) is 9.56. The zero-order chi connectivity index (χ0) is 9.83. The van der Waals surface area contributed by atoms with Gasteiger partial charge in [-0.05, 0) is 44.8 Å². The van der Waals surface area contributed by atoms with Crippen LogP contribution in [0.15, 0.2) is 0 Å². The van der Waals surface area contributed by atoms with Crippen LogP contribution in [0.2, 0.25) is 44.8 Å². The summed E-state index contributed by atoms with van der Waals surface area (Å²) in [5, 5.41) is 0. The molecule has 0 unspecified atom stereocenters. The van der Waals surface area contributed by atoms with Crippen molar-refractivity contribution in [2.75, 3.05) is 0 Å². The maximum absolute atomic E-state index is 9.56. The van der Waals surface area contributed by atoms with Crippen LogP contribution in [-0.2, 0) is 4.12 Å². The van der Waals surface area contributed by atoms with Crippen molar-refractivity contribution in [3.63, 3.8) is 0 Å². The summed E-state index contributed by atoms with van der Waals surface area (Å²) in [7, 11) is -3.38. The molecule has 0 aromatic heterocycles. The van der Waals surface area contributed by atoms with Crippen molar-refractivity contribution in [1.29, 1.82) is 0 Å². The van der Waals surface area contributed by atoms with Gasteiger partial charge in [0.1, 0.15) is 9.76 Å². The molecule has 0 aromatic rings. The molecule has 0 rings (SSSR count). The highest BCUT2D eigenvalue weighted by Crippen LogP contribution is 2.09. The third-order valence-electron chi connectivity index (χ3n) is 1.47. The second-order valence-electron chi connectivity index (χ2n) is 4.88. The standard InChI is InChI=1S/C7H22O2Si3/c1-11(2,3)9-10-6-7-12(4,5)8/h8H,6-7,10H2,1-5H3. The van der Waals surface area contributed by atoms with Crippen molar-refractivity contribution in [1.82, 2.24) is 0 Å². The van der Waals surface area contributed by atoms with E-state index in [1.165, 1.54) is 0 Å². The molecule has 74 valence electrons. The summed E-state index contributed by atoms with van der Waals surface area (Å²) < 4.78 is 5.81. The van der Waals surface area contributed by atoms with Crippen LogP contribution in [-0.4, -0.2) is 31.2 Å². The first kappa shape index (κ1) is 12.6. The van der Waals surface area contributed by atoms with Crippen molar-refractivity contribution in [3.05, 3.63) is 0 Å². The quantitative estimate of drug-likeness (QED) is 0.565. The normalized spacial score (nSPS) is 14.5. The van der Waals surface area contributed by atoms with E-state index >= 15 is 0 Å². The molecule has 0 bridgehead atoms. The maximum Gasteiger partial charge on any atom is 0.182 e. The second-order valence-corrected chi connectivity index (χ2v) is 15.5. The third kappa shape index (κ3) is 10.6. The summed E-state index contributed by atoms with van der Waals surface area (Å²) in [6, 6.07) is 2.17. The average Bonchev–Trinajstić information content (AvgIpc) is 1.76. The zero-order valence-electron chi connectivity index (χ0n) is 8.98. The van der Waals surface area contributed by atoms with Crippen LogP contribution in [0.3, 0.4) is 0 Å². The van der Waals surface area contributed by atoms with E-state index in [9.17, 15) is 4.80 Å². The minimum Gasteiger partial charge on any atom is -0.461 e. The van der Waals surface area contributed by atoms with Gasteiger partial charge in [-0.2, -0.15) is 0 Å². The molecule has 0 spiro atoms. The molecule has 0 aliphatic rings. The van der Waals surface area contributed by atoms with Crippen LogP contribution >= 0.6 is 0 Å². The highest BCUT2D eigenvalue weighted by molar-refractivity contribution is 6.74. The van der Waals surface area contributed by atoms with Crippen LogP contribution in [0.4, 0.5) is 0 Å². The molecule has 5 heteroatoms.